The standard InChI is InChI=1S/C14H16N2O4/c1-5-16-8(2)15-12-10(16)7-6-9(13(17)19-3)11(12)14(18)20-4/h6-7H,5H2,1-4H3. The Labute approximate surface area is 116 Å². The summed E-state index contributed by atoms with van der Waals surface area (Å²) in [5.41, 5.74) is 1.55. The number of hydrogen-bond donors (Lipinski definition) is 0. The number of aryl methyl sites for hydroxylation is 2. The van der Waals surface area contributed by atoms with Crippen LogP contribution in [-0.2, 0) is 16.0 Å². The summed E-state index contributed by atoms with van der Waals surface area (Å²) in [4.78, 5) is 28.2. The molecule has 2 rings (SSSR count). The molecule has 0 unspecified atom stereocenters. The first-order chi connectivity index (χ1) is 9.54. The highest BCUT2D eigenvalue weighted by Gasteiger charge is 2.24. The Morgan fingerprint density at radius 2 is 1.85 bits per heavy atom. The highest BCUT2D eigenvalue weighted by Crippen LogP contribution is 2.24. The van der Waals surface area contributed by atoms with Crippen LogP contribution >= 0.6 is 0 Å². The van der Waals surface area contributed by atoms with Gasteiger partial charge in [-0.3, -0.25) is 0 Å². The Morgan fingerprint density at radius 1 is 1.20 bits per heavy atom. The van der Waals surface area contributed by atoms with Crippen LogP contribution < -0.4 is 0 Å². The lowest BCUT2D eigenvalue weighted by atomic mass is 10.1. The maximum atomic E-state index is 12.0. The maximum Gasteiger partial charge on any atom is 0.341 e. The van der Waals surface area contributed by atoms with Gasteiger partial charge in [0, 0.05) is 6.54 Å². The fourth-order valence-electron chi connectivity index (χ4n) is 2.30. The van der Waals surface area contributed by atoms with Crippen molar-refractivity contribution in [2.75, 3.05) is 14.2 Å². The van der Waals surface area contributed by atoms with E-state index in [2.05, 4.69) is 4.98 Å². The number of imidazole rings is 1. The number of carbonyl (C=O) groups is 2. The molecule has 6 nitrogen and oxygen atoms in total. The van der Waals surface area contributed by atoms with Crippen LogP contribution in [0.1, 0.15) is 33.5 Å². The minimum Gasteiger partial charge on any atom is -0.465 e. The highest BCUT2D eigenvalue weighted by molar-refractivity contribution is 6.11. The fraction of sp³-hybridized carbons (Fsp3) is 0.357. The highest BCUT2D eigenvalue weighted by atomic mass is 16.5. The zero-order valence-corrected chi connectivity index (χ0v) is 11.9. The second-order valence-corrected chi connectivity index (χ2v) is 4.24. The second kappa shape index (κ2) is 5.32. The van der Waals surface area contributed by atoms with Crippen molar-refractivity contribution >= 4 is 23.0 Å². The molecule has 0 aliphatic carbocycles. The van der Waals surface area contributed by atoms with Gasteiger partial charge in [-0.1, -0.05) is 0 Å². The lowest BCUT2D eigenvalue weighted by Crippen LogP contribution is -2.12. The number of hydrogen-bond acceptors (Lipinski definition) is 5. The number of ether oxygens (including phenoxy) is 2. The Kier molecular flexibility index (Phi) is 3.74. The van der Waals surface area contributed by atoms with Gasteiger partial charge in [-0.2, -0.15) is 0 Å². The van der Waals surface area contributed by atoms with E-state index in [1.807, 2.05) is 18.4 Å². The molecule has 0 aliphatic rings. The molecule has 6 heteroatoms. The van der Waals surface area contributed by atoms with Crippen molar-refractivity contribution in [3.05, 3.63) is 29.1 Å². The van der Waals surface area contributed by atoms with Crippen molar-refractivity contribution in [2.24, 2.45) is 0 Å². The molecule has 1 heterocycles. The van der Waals surface area contributed by atoms with E-state index in [9.17, 15) is 9.59 Å². The Morgan fingerprint density at radius 3 is 2.40 bits per heavy atom. The summed E-state index contributed by atoms with van der Waals surface area (Å²) >= 11 is 0. The average molecular weight is 276 g/mol. The molecule has 1 aromatic carbocycles. The third kappa shape index (κ3) is 2.03. The van der Waals surface area contributed by atoms with E-state index in [0.29, 0.717) is 5.52 Å². The van der Waals surface area contributed by atoms with E-state index in [4.69, 9.17) is 9.47 Å². The smallest absolute Gasteiger partial charge is 0.341 e. The second-order valence-electron chi connectivity index (χ2n) is 4.24. The van der Waals surface area contributed by atoms with Crippen LogP contribution in [0.4, 0.5) is 0 Å². The van der Waals surface area contributed by atoms with Gasteiger partial charge in [-0.05, 0) is 26.0 Å². The minimum atomic E-state index is -0.600. The van der Waals surface area contributed by atoms with Crippen LogP contribution in [0.5, 0.6) is 0 Å². The summed E-state index contributed by atoms with van der Waals surface area (Å²) in [5.74, 6) is -0.414. The molecule has 0 spiro atoms. The average Bonchev–Trinajstić information content (AvgIpc) is 2.79. The SMILES string of the molecule is CCn1c(C)nc2c(C(=O)OC)c(C(=O)OC)ccc21. The molecule has 0 saturated carbocycles. The van der Waals surface area contributed by atoms with Crippen LogP contribution in [0.15, 0.2) is 12.1 Å². The topological polar surface area (TPSA) is 70.4 Å². The van der Waals surface area contributed by atoms with Gasteiger partial charge in [0.05, 0.1) is 25.3 Å². The largest absolute Gasteiger partial charge is 0.465 e. The van der Waals surface area contributed by atoms with Crippen molar-refractivity contribution in [1.82, 2.24) is 9.55 Å². The predicted octanol–water partition coefficient (Wildman–Crippen LogP) is 1.94. The normalized spacial score (nSPS) is 10.6. The molecular formula is C14H16N2O4. The number of rotatable bonds is 3. The zero-order valence-electron chi connectivity index (χ0n) is 11.9. The zero-order chi connectivity index (χ0) is 14.9. The Balaban J connectivity index is 2.84. The molecular weight excluding hydrogens is 260 g/mol. The fourth-order valence-corrected chi connectivity index (χ4v) is 2.30. The third-order valence-corrected chi connectivity index (χ3v) is 3.22. The molecule has 0 atom stereocenters. The van der Waals surface area contributed by atoms with Gasteiger partial charge in [-0.15, -0.1) is 0 Å². The maximum absolute atomic E-state index is 12.0. The molecule has 2 aromatic rings. The Hall–Kier alpha value is -2.37. The molecule has 0 N–H and O–H groups in total. The number of carbonyl (C=O) groups excluding carboxylic acids is 2. The van der Waals surface area contributed by atoms with Crippen LogP contribution in [0.25, 0.3) is 11.0 Å². The van der Waals surface area contributed by atoms with Crippen molar-refractivity contribution in [1.29, 1.82) is 0 Å². The number of nitrogens with zero attached hydrogens (tertiary/aromatic N) is 2. The molecule has 1 aromatic heterocycles. The van der Waals surface area contributed by atoms with Crippen molar-refractivity contribution in [2.45, 2.75) is 20.4 Å². The molecule has 0 amide bonds. The first-order valence-corrected chi connectivity index (χ1v) is 6.21. The monoisotopic (exact) mass is 276 g/mol. The first-order valence-electron chi connectivity index (χ1n) is 6.21. The number of esters is 2. The van der Waals surface area contributed by atoms with Gasteiger partial charge in [-0.25, -0.2) is 14.6 Å². The van der Waals surface area contributed by atoms with Gasteiger partial charge in [0.1, 0.15) is 16.9 Å². The summed E-state index contributed by atoms with van der Waals surface area (Å²) in [5, 5.41) is 0. The lowest BCUT2D eigenvalue weighted by Gasteiger charge is -2.08. The summed E-state index contributed by atoms with van der Waals surface area (Å²) in [6.07, 6.45) is 0. The van der Waals surface area contributed by atoms with Gasteiger partial charge in [0.25, 0.3) is 0 Å². The number of benzene rings is 1. The van der Waals surface area contributed by atoms with Crippen LogP contribution in [-0.4, -0.2) is 35.7 Å². The molecule has 20 heavy (non-hydrogen) atoms. The Bertz CT molecular complexity index is 688. The van der Waals surface area contributed by atoms with Crippen LogP contribution in [0.3, 0.4) is 0 Å². The van der Waals surface area contributed by atoms with E-state index < -0.39 is 11.9 Å². The van der Waals surface area contributed by atoms with E-state index >= 15 is 0 Å². The van der Waals surface area contributed by atoms with Crippen molar-refractivity contribution in [3.63, 3.8) is 0 Å². The van der Waals surface area contributed by atoms with Crippen molar-refractivity contribution in [3.8, 4) is 0 Å². The summed E-state index contributed by atoms with van der Waals surface area (Å²) in [7, 11) is 2.54. The van der Waals surface area contributed by atoms with E-state index in [1.54, 1.807) is 12.1 Å². The van der Waals surface area contributed by atoms with E-state index in [1.165, 1.54) is 14.2 Å². The predicted molar refractivity (Wildman–Crippen MR) is 72.8 cm³/mol. The van der Waals surface area contributed by atoms with Gasteiger partial charge >= 0.3 is 11.9 Å². The van der Waals surface area contributed by atoms with E-state index in [0.717, 1.165) is 17.9 Å². The number of fused-ring (bicyclic) bond motifs is 1. The number of methoxy groups -OCH3 is 2. The molecule has 0 fully saturated rings. The van der Waals surface area contributed by atoms with E-state index in [-0.39, 0.29) is 11.1 Å². The number of aromatic nitrogens is 2. The van der Waals surface area contributed by atoms with Gasteiger partial charge in [0.15, 0.2) is 0 Å². The van der Waals surface area contributed by atoms with Crippen LogP contribution in [0, 0.1) is 6.92 Å². The lowest BCUT2D eigenvalue weighted by molar-refractivity contribution is 0.0557. The molecule has 0 aliphatic heterocycles. The molecule has 0 bridgehead atoms. The quantitative estimate of drug-likeness (QED) is 0.801. The summed E-state index contributed by atoms with van der Waals surface area (Å²) in [6, 6.07) is 3.32. The molecule has 0 saturated heterocycles. The van der Waals surface area contributed by atoms with Gasteiger partial charge < -0.3 is 14.0 Å². The van der Waals surface area contributed by atoms with Crippen LogP contribution in [0.2, 0.25) is 0 Å². The first kappa shape index (κ1) is 14.0. The summed E-state index contributed by atoms with van der Waals surface area (Å²) in [6.45, 7) is 4.56. The summed E-state index contributed by atoms with van der Waals surface area (Å²) < 4.78 is 11.4. The van der Waals surface area contributed by atoms with Crippen molar-refractivity contribution < 1.29 is 19.1 Å². The molecule has 0 radical (unpaired) electrons. The van der Waals surface area contributed by atoms with Gasteiger partial charge in [0.2, 0.25) is 0 Å². The minimum absolute atomic E-state index is 0.146. The molecule has 106 valence electrons. The third-order valence-electron chi connectivity index (χ3n) is 3.22.